The van der Waals surface area contributed by atoms with Gasteiger partial charge in [-0.2, -0.15) is 0 Å². The van der Waals surface area contributed by atoms with Gasteiger partial charge < -0.3 is 14.0 Å². The monoisotopic (exact) mass is 891 g/mol. The Labute approximate surface area is 406 Å². The Morgan fingerprint density at radius 1 is 0.357 bits per heavy atom. The fraction of sp³-hybridized carbons (Fsp3) is 0.0909. The van der Waals surface area contributed by atoms with Crippen LogP contribution in [0.5, 0.6) is 0 Å². The Hall–Kier alpha value is -8.34. The van der Waals surface area contributed by atoms with Gasteiger partial charge in [0.15, 0.2) is 0 Å². The highest BCUT2D eigenvalue weighted by Crippen LogP contribution is 2.51. The number of anilines is 3. The molecule has 0 fully saturated rings. The Bertz CT molecular complexity index is 4510. The summed E-state index contributed by atoms with van der Waals surface area (Å²) < 4.78 is 5.26. The van der Waals surface area contributed by atoms with Gasteiger partial charge in [-0.15, -0.1) is 0 Å². The molecule has 0 bridgehead atoms. The highest BCUT2D eigenvalue weighted by atomic mass is 15.2. The second-order valence-electron chi connectivity index (χ2n) is 20.8. The summed E-state index contributed by atoms with van der Waals surface area (Å²) in [7, 11) is 0. The van der Waals surface area contributed by atoms with E-state index in [2.05, 4.69) is 236 Å². The van der Waals surface area contributed by atoms with Crippen molar-refractivity contribution in [3.63, 3.8) is 0 Å². The Kier molecular flexibility index (Phi) is 7.54. The quantitative estimate of drug-likeness (QED) is 0.160. The highest BCUT2D eigenvalue weighted by molar-refractivity contribution is 7.01. The van der Waals surface area contributed by atoms with E-state index < -0.39 is 0 Å². The van der Waals surface area contributed by atoms with Gasteiger partial charge in [-0.1, -0.05) is 161 Å². The maximum absolute atomic E-state index is 2.66. The topological polar surface area (TPSA) is 13.1 Å². The van der Waals surface area contributed by atoms with Gasteiger partial charge in [0.25, 0.3) is 6.71 Å². The fourth-order valence-electron chi connectivity index (χ4n) is 13.4. The van der Waals surface area contributed by atoms with Gasteiger partial charge in [-0.05, 0) is 155 Å². The van der Waals surface area contributed by atoms with Crippen molar-refractivity contribution in [3.8, 4) is 33.6 Å². The van der Waals surface area contributed by atoms with Crippen LogP contribution in [0.4, 0.5) is 17.1 Å². The molecule has 0 saturated heterocycles. The molecule has 0 N–H and O–H groups in total. The molecule has 0 atom stereocenters. The van der Waals surface area contributed by atoms with E-state index in [0.29, 0.717) is 11.8 Å². The Morgan fingerprint density at radius 2 is 1.00 bits per heavy atom. The van der Waals surface area contributed by atoms with E-state index in [1.807, 2.05) is 0 Å². The minimum absolute atomic E-state index is 0.0159. The summed E-state index contributed by atoms with van der Waals surface area (Å²) in [5.74, 6) is 0.774. The van der Waals surface area contributed by atoms with Crippen LogP contribution in [0.25, 0.3) is 110 Å². The maximum atomic E-state index is 2.66. The summed E-state index contributed by atoms with van der Waals surface area (Å²) in [5, 5.41) is 13.0. The molecule has 11 aromatic carbocycles. The first-order valence-electron chi connectivity index (χ1n) is 25.1. The van der Waals surface area contributed by atoms with E-state index in [4.69, 9.17) is 0 Å². The van der Waals surface area contributed by atoms with E-state index in [1.165, 1.54) is 143 Å². The lowest BCUT2D eigenvalue weighted by atomic mass is 9.33. The molecule has 2 aromatic heterocycles. The zero-order valence-corrected chi connectivity index (χ0v) is 39.5. The number of hydrogen-bond donors (Lipinski definition) is 0. The van der Waals surface area contributed by atoms with Gasteiger partial charge in [-0.3, -0.25) is 0 Å². The molecule has 0 amide bonds. The lowest BCUT2D eigenvalue weighted by molar-refractivity contribution is 0.867. The molecule has 4 heteroatoms. The van der Waals surface area contributed by atoms with Crippen molar-refractivity contribution in [3.05, 3.63) is 205 Å². The average Bonchev–Trinajstić information content (AvgIpc) is 3.87. The van der Waals surface area contributed by atoms with Crippen LogP contribution in [0, 0.1) is 0 Å². The van der Waals surface area contributed by atoms with Gasteiger partial charge in [0, 0.05) is 49.8 Å². The molecule has 1 aliphatic carbocycles. The van der Waals surface area contributed by atoms with Crippen molar-refractivity contribution in [2.45, 2.75) is 39.5 Å². The van der Waals surface area contributed by atoms with Crippen LogP contribution in [0.2, 0.25) is 0 Å². The van der Waals surface area contributed by atoms with E-state index in [1.54, 1.807) is 0 Å². The third kappa shape index (κ3) is 4.90. The fourth-order valence-corrected chi connectivity index (χ4v) is 13.4. The standard InChI is InChI=1S/C66H46BN3/c1-37(2)41-25-28-55-52(32-41)53-33-44-15-7-8-17-47(44)64-66(53)70(55)60-36-46(69-57-22-12-21-51-49-19-10-9-18-48(49)50-20-11-16-40-24-30-58(69)63(61(40)50)62(51)57)35-59-65(60)67(64)54-34-42(38(3)4)26-29-56(54)68(59)45-27-23-39-13-5-6-14-43(39)31-45/h5-38H,1-4H3. The third-order valence-corrected chi connectivity index (χ3v) is 16.5. The minimum atomic E-state index is -0.0159. The molecule has 16 rings (SSSR count). The summed E-state index contributed by atoms with van der Waals surface area (Å²) in [4.78, 5) is 2.60. The highest BCUT2D eigenvalue weighted by Gasteiger charge is 2.44. The largest absolute Gasteiger partial charge is 0.311 e. The van der Waals surface area contributed by atoms with Gasteiger partial charge in [-0.25, -0.2) is 0 Å². The maximum Gasteiger partial charge on any atom is 0.252 e. The van der Waals surface area contributed by atoms with Crippen molar-refractivity contribution in [1.29, 1.82) is 0 Å². The number of benzene rings is 11. The van der Waals surface area contributed by atoms with Gasteiger partial charge in [0.1, 0.15) is 0 Å². The van der Waals surface area contributed by atoms with Crippen LogP contribution >= 0.6 is 0 Å². The van der Waals surface area contributed by atoms with Crippen LogP contribution in [0.3, 0.4) is 0 Å². The second kappa shape index (κ2) is 13.7. The molecule has 4 heterocycles. The van der Waals surface area contributed by atoms with E-state index in [9.17, 15) is 0 Å². The van der Waals surface area contributed by atoms with Crippen molar-refractivity contribution in [1.82, 2.24) is 9.13 Å². The molecule has 3 aliphatic rings. The first kappa shape index (κ1) is 38.6. The predicted molar refractivity (Wildman–Crippen MR) is 300 cm³/mol. The lowest BCUT2D eigenvalue weighted by Gasteiger charge is -2.41. The van der Waals surface area contributed by atoms with Crippen LogP contribution in [0.15, 0.2) is 194 Å². The Balaban J connectivity index is 1.11. The molecule has 0 saturated carbocycles. The first-order chi connectivity index (χ1) is 34.4. The number of nitrogens with zero attached hydrogens (tertiary/aromatic N) is 3. The summed E-state index contributed by atoms with van der Waals surface area (Å²) in [5.41, 5.74) is 23.0. The van der Waals surface area contributed by atoms with Crippen molar-refractivity contribution in [2.75, 3.05) is 4.90 Å². The lowest BCUT2D eigenvalue weighted by Crippen LogP contribution is -2.60. The van der Waals surface area contributed by atoms with Crippen molar-refractivity contribution >= 4 is 116 Å². The van der Waals surface area contributed by atoms with Gasteiger partial charge >= 0.3 is 0 Å². The summed E-state index contributed by atoms with van der Waals surface area (Å²) in [6, 6.07) is 74.8. The molecule has 0 unspecified atom stereocenters. The van der Waals surface area contributed by atoms with E-state index in [0.717, 1.165) is 11.4 Å². The third-order valence-electron chi connectivity index (χ3n) is 16.5. The molecule has 3 nitrogen and oxygen atoms in total. The second-order valence-corrected chi connectivity index (χ2v) is 20.8. The van der Waals surface area contributed by atoms with E-state index >= 15 is 0 Å². The van der Waals surface area contributed by atoms with Gasteiger partial charge in [0.2, 0.25) is 0 Å². The van der Waals surface area contributed by atoms with Crippen molar-refractivity contribution in [2.24, 2.45) is 0 Å². The first-order valence-corrected chi connectivity index (χ1v) is 25.1. The predicted octanol–water partition coefficient (Wildman–Crippen LogP) is 15.8. The van der Waals surface area contributed by atoms with Crippen LogP contribution < -0.4 is 21.3 Å². The van der Waals surface area contributed by atoms with E-state index in [-0.39, 0.29) is 6.71 Å². The number of hydrogen-bond acceptors (Lipinski definition) is 1. The molecular weight excluding hydrogens is 846 g/mol. The van der Waals surface area contributed by atoms with Crippen molar-refractivity contribution < 1.29 is 0 Å². The number of fused-ring (bicyclic) bond motifs is 13. The SMILES string of the molecule is CC(C)c1ccc2c(c1)B1c3c(cc(-n4c5cccc6c5c5c7c(cccc7ccc54)-c4ccccc4-6)cc3-n3c4ccc(C(C)C)cc4c4cc5ccccc5c1c43)N2c1ccc2ccccc2c1. The molecular formula is C66H46BN3. The number of rotatable bonds is 4. The average molecular weight is 892 g/mol. The molecule has 2 aliphatic heterocycles. The summed E-state index contributed by atoms with van der Waals surface area (Å²) in [6.45, 7) is 9.28. The summed E-state index contributed by atoms with van der Waals surface area (Å²) in [6.07, 6.45) is 0. The van der Waals surface area contributed by atoms with Crippen LogP contribution in [0.1, 0.15) is 50.7 Å². The molecule has 328 valence electrons. The molecule has 70 heavy (non-hydrogen) atoms. The Morgan fingerprint density at radius 3 is 1.83 bits per heavy atom. The normalized spacial score (nSPS) is 13.3. The van der Waals surface area contributed by atoms with Crippen LogP contribution in [-0.2, 0) is 0 Å². The molecule has 0 radical (unpaired) electrons. The van der Waals surface area contributed by atoms with Crippen LogP contribution in [-0.4, -0.2) is 15.8 Å². The summed E-state index contributed by atoms with van der Waals surface area (Å²) >= 11 is 0. The van der Waals surface area contributed by atoms with Gasteiger partial charge in [0.05, 0.1) is 22.2 Å². The molecule has 13 aromatic rings. The zero-order valence-electron chi connectivity index (χ0n) is 39.5. The smallest absolute Gasteiger partial charge is 0.252 e. The minimum Gasteiger partial charge on any atom is -0.311 e. The molecule has 0 spiro atoms. The number of aromatic nitrogens is 2. The zero-order chi connectivity index (χ0) is 46.3.